The van der Waals surface area contributed by atoms with Crippen molar-refractivity contribution in [1.82, 2.24) is 10.2 Å². The van der Waals surface area contributed by atoms with Crippen molar-refractivity contribution in [3.05, 3.63) is 22.5 Å². The lowest BCUT2D eigenvalue weighted by atomic mass is 10.2. The minimum atomic E-state index is -1.23. The zero-order valence-corrected chi connectivity index (χ0v) is 8.91. The summed E-state index contributed by atoms with van der Waals surface area (Å²) in [6.45, 7) is 0. The number of aliphatic carboxylic acids is 1. The van der Waals surface area contributed by atoms with Gasteiger partial charge in [-0.15, -0.1) is 0 Å². The molecule has 0 fully saturated rings. The van der Waals surface area contributed by atoms with E-state index in [1.807, 2.05) is 0 Å². The van der Waals surface area contributed by atoms with Gasteiger partial charge >= 0.3 is 5.97 Å². The smallest absolute Gasteiger partial charge is 0.353 e. The van der Waals surface area contributed by atoms with Crippen molar-refractivity contribution in [3.63, 3.8) is 0 Å². The number of nitrogens with zero attached hydrogens (tertiary/aromatic N) is 2. The average molecular weight is 252 g/mol. The fourth-order valence-corrected chi connectivity index (χ4v) is 1.27. The molecule has 1 aliphatic rings. The number of anilines is 1. The minimum Gasteiger partial charge on any atom is -0.477 e. The normalized spacial score (nSPS) is 17.8. The number of aromatic nitrogens is 2. The Labute approximate surface area is 99.4 Å². The molecular formula is C9H8N4O5. The largest absolute Gasteiger partial charge is 0.477 e. The zero-order valence-electron chi connectivity index (χ0n) is 8.91. The van der Waals surface area contributed by atoms with Crippen LogP contribution in [-0.2, 0) is 14.4 Å². The first-order valence-electron chi connectivity index (χ1n) is 4.89. The van der Waals surface area contributed by atoms with Gasteiger partial charge in [0.25, 0.3) is 11.5 Å². The van der Waals surface area contributed by atoms with Crippen LogP contribution in [0.1, 0.15) is 6.42 Å². The van der Waals surface area contributed by atoms with Crippen LogP contribution in [-0.4, -0.2) is 39.0 Å². The van der Waals surface area contributed by atoms with Gasteiger partial charge < -0.3 is 15.3 Å². The molecule has 0 aliphatic carbocycles. The van der Waals surface area contributed by atoms with Gasteiger partial charge in [0.05, 0.1) is 0 Å². The molecule has 1 aliphatic heterocycles. The Morgan fingerprint density at radius 1 is 1.50 bits per heavy atom. The van der Waals surface area contributed by atoms with Gasteiger partial charge in [0.2, 0.25) is 6.10 Å². The number of hydrogen-bond donors (Lipinski definition) is 3. The molecule has 1 atom stereocenters. The first kappa shape index (κ1) is 11.8. The molecule has 18 heavy (non-hydrogen) atoms. The molecule has 0 spiro atoms. The Bertz CT molecular complexity index is 558. The number of amides is 1. The maximum Gasteiger partial charge on any atom is 0.353 e. The number of carbonyl (C=O) groups excluding carboxylic acids is 1. The number of rotatable bonds is 3. The van der Waals surface area contributed by atoms with Gasteiger partial charge in [-0.1, -0.05) is 5.16 Å². The molecule has 9 nitrogen and oxygen atoms in total. The van der Waals surface area contributed by atoms with E-state index in [1.165, 1.54) is 12.1 Å². The molecule has 2 rings (SSSR count). The molecule has 1 unspecified atom stereocenters. The Balaban J connectivity index is 1.96. The van der Waals surface area contributed by atoms with E-state index in [9.17, 15) is 14.4 Å². The molecule has 0 aromatic carbocycles. The predicted molar refractivity (Wildman–Crippen MR) is 58.0 cm³/mol. The van der Waals surface area contributed by atoms with Crippen molar-refractivity contribution in [3.8, 4) is 0 Å². The number of carbonyl (C=O) groups is 2. The first-order chi connectivity index (χ1) is 8.56. The summed E-state index contributed by atoms with van der Waals surface area (Å²) in [4.78, 5) is 37.6. The van der Waals surface area contributed by atoms with E-state index in [-0.39, 0.29) is 18.0 Å². The second-order valence-electron chi connectivity index (χ2n) is 3.44. The van der Waals surface area contributed by atoms with Gasteiger partial charge in [-0.25, -0.2) is 9.89 Å². The highest BCUT2D eigenvalue weighted by Crippen LogP contribution is 2.12. The first-order valence-corrected chi connectivity index (χ1v) is 4.89. The highest BCUT2D eigenvalue weighted by atomic mass is 16.6. The monoisotopic (exact) mass is 252 g/mol. The minimum absolute atomic E-state index is 0.121. The van der Waals surface area contributed by atoms with Crippen molar-refractivity contribution < 1.29 is 19.5 Å². The van der Waals surface area contributed by atoms with Crippen LogP contribution in [0.5, 0.6) is 0 Å². The molecule has 0 bridgehead atoms. The Kier molecular flexibility index (Phi) is 3.04. The predicted octanol–water partition coefficient (Wildman–Crippen LogP) is -1.06. The fraction of sp³-hybridized carbons (Fsp3) is 0.222. The lowest BCUT2D eigenvalue weighted by Crippen LogP contribution is -2.29. The van der Waals surface area contributed by atoms with Crippen LogP contribution in [0.15, 0.2) is 22.1 Å². The van der Waals surface area contributed by atoms with Crippen molar-refractivity contribution in [2.24, 2.45) is 5.16 Å². The Morgan fingerprint density at radius 3 is 2.83 bits per heavy atom. The molecule has 1 aromatic heterocycles. The number of carboxylic acid groups (broad SMARTS) is 1. The molecule has 1 amide bonds. The van der Waals surface area contributed by atoms with E-state index in [0.29, 0.717) is 0 Å². The fourth-order valence-electron chi connectivity index (χ4n) is 1.27. The van der Waals surface area contributed by atoms with E-state index in [0.717, 1.165) is 0 Å². The number of aromatic amines is 1. The standard InChI is InChI=1S/C9H8N4O5/c14-7-2-1-6(11-12-7)10-8(15)5-3-4(9(16)17)13-18-5/h1-2,5H,3H2,(H,12,14)(H,16,17)(H,10,11,15). The molecular weight excluding hydrogens is 244 g/mol. The van der Waals surface area contributed by atoms with E-state index in [2.05, 4.69) is 25.5 Å². The Hall–Kier alpha value is -2.71. The summed E-state index contributed by atoms with van der Waals surface area (Å²) in [5.41, 5.74) is -0.619. The van der Waals surface area contributed by atoms with Crippen LogP contribution >= 0.6 is 0 Å². The highest BCUT2D eigenvalue weighted by molar-refractivity contribution is 6.36. The third kappa shape index (κ3) is 2.51. The number of H-pyrrole nitrogens is 1. The molecule has 0 saturated carbocycles. The molecule has 3 N–H and O–H groups in total. The summed E-state index contributed by atoms with van der Waals surface area (Å²) in [7, 11) is 0. The molecule has 0 saturated heterocycles. The van der Waals surface area contributed by atoms with Crippen molar-refractivity contribution >= 4 is 23.4 Å². The summed E-state index contributed by atoms with van der Waals surface area (Å²) in [6.07, 6.45) is -1.13. The zero-order chi connectivity index (χ0) is 13.1. The van der Waals surface area contributed by atoms with Gasteiger partial charge in [0, 0.05) is 12.5 Å². The number of oxime groups is 1. The van der Waals surface area contributed by atoms with Gasteiger partial charge in [0.1, 0.15) is 0 Å². The maximum absolute atomic E-state index is 11.6. The number of carboxylic acids is 1. The summed E-state index contributed by atoms with van der Waals surface area (Å²) in [6, 6.07) is 2.50. The lowest BCUT2D eigenvalue weighted by Gasteiger charge is -2.07. The SMILES string of the molecule is O=C(O)C1=NOC(C(=O)Nc2ccc(=O)[nH]n2)C1. The number of hydrogen-bond acceptors (Lipinski definition) is 6. The molecule has 0 radical (unpaired) electrons. The third-order valence-electron chi connectivity index (χ3n) is 2.14. The van der Waals surface area contributed by atoms with Gasteiger partial charge in [0.15, 0.2) is 11.5 Å². The third-order valence-corrected chi connectivity index (χ3v) is 2.14. The quantitative estimate of drug-likeness (QED) is 0.627. The molecule has 9 heteroatoms. The van der Waals surface area contributed by atoms with Crippen LogP contribution in [0.25, 0.3) is 0 Å². The van der Waals surface area contributed by atoms with E-state index >= 15 is 0 Å². The van der Waals surface area contributed by atoms with Crippen LogP contribution < -0.4 is 10.9 Å². The summed E-state index contributed by atoms with van der Waals surface area (Å²) in [5.74, 6) is -1.69. The van der Waals surface area contributed by atoms with Gasteiger partial charge in [-0.05, 0) is 6.07 Å². The second kappa shape index (κ2) is 4.65. The number of nitrogens with one attached hydrogen (secondary N) is 2. The highest BCUT2D eigenvalue weighted by Gasteiger charge is 2.31. The van der Waals surface area contributed by atoms with Crippen molar-refractivity contribution in [2.45, 2.75) is 12.5 Å². The van der Waals surface area contributed by atoms with Gasteiger partial charge in [-0.2, -0.15) is 5.10 Å². The summed E-state index contributed by atoms with van der Waals surface area (Å²) in [5, 5.41) is 20.0. The summed E-state index contributed by atoms with van der Waals surface area (Å²) < 4.78 is 0. The molecule has 1 aromatic rings. The van der Waals surface area contributed by atoms with Crippen molar-refractivity contribution in [1.29, 1.82) is 0 Å². The summed E-state index contributed by atoms with van der Waals surface area (Å²) >= 11 is 0. The topological polar surface area (TPSA) is 134 Å². The maximum atomic E-state index is 11.6. The molecule has 2 heterocycles. The lowest BCUT2D eigenvalue weighted by molar-refractivity contribution is -0.129. The van der Waals surface area contributed by atoms with Crippen LogP contribution in [0.4, 0.5) is 5.82 Å². The van der Waals surface area contributed by atoms with E-state index in [1.54, 1.807) is 0 Å². The van der Waals surface area contributed by atoms with Crippen LogP contribution in [0.2, 0.25) is 0 Å². The average Bonchev–Trinajstić information content (AvgIpc) is 2.81. The van der Waals surface area contributed by atoms with Crippen molar-refractivity contribution in [2.75, 3.05) is 5.32 Å². The van der Waals surface area contributed by atoms with E-state index in [4.69, 9.17) is 5.11 Å². The van der Waals surface area contributed by atoms with Gasteiger partial charge in [-0.3, -0.25) is 9.59 Å². The Morgan fingerprint density at radius 2 is 2.28 bits per heavy atom. The van der Waals surface area contributed by atoms with E-state index < -0.39 is 23.5 Å². The van der Waals surface area contributed by atoms with Crippen LogP contribution in [0.3, 0.4) is 0 Å². The molecule has 94 valence electrons. The van der Waals surface area contributed by atoms with Crippen LogP contribution in [0, 0.1) is 0 Å². The second-order valence-corrected chi connectivity index (χ2v) is 3.44.